The van der Waals surface area contributed by atoms with Gasteiger partial charge in [-0.1, -0.05) is 60.1 Å². The SMILES string of the molecule is O=C(CN1C(=O)CS[C@H](c2ccc(F)cc2F)c2c(-c3ccccc3)nn(-c3ccccc3Cl)c21)NC1CC1. The third-order valence-electron chi connectivity index (χ3n) is 6.71. The molecule has 2 heterocycles. The molecule has 1 aromatic heterocycles. The fourth-order valence-corrected chi connectivity index (χ4v) is 6.16. The van der Waals surface area contributed by atoms with Gasteiger partial charge >= 0.3 is 0 Å². The average molecular weight is 565 g/mol. The Morgan fingerprint density at radius 2 is 1.79 bits per heavy atom. The van der Waals surface area contributed by atoms with Crippen LogP contribution < -0.4 is 10.2 Å². The molecule has 1 N–H and O–H groups in total. The van der Waals surface area contributed by atoms with Crippen LogP contribution in [0.3, 0.4) is 0 Å². The highest BCUT2D eigenvalue weighted by molar-refractivity contribution is 8.00. The smallest absolute Gasteiger partial charge is 0.240 e. The van der Waals surface area contributed by atoms with Gasteiger partial charge in [0.2, 0.25) is 11.8 Å². The van der Waals surface area contributed by atoms with Gasteiger partial charge in [0.1, 0.15) is 24.0 Å². The maximum atomic E-state index is 15.3. The van der Waals surface area contributed by atoms with Crippen molar-refractivity contribution >= 4 is 41.0 Å². The number of anilines is 1. The van der Waals surface area contributed by atoms with E-state index in [1.807, 2.05) is 30.3 Å². The molecule has 0 unspecified atom stereocenters. The van der Waals surface area contributed by atoms with Crippen LogP contribution in [0.1, 0.15) is 29.2 Å². The molecule has 2 aliphatic rings. The zero-order valence-corrected chi connectivity index (χ0v) is 22.2. The number of hydrogen-bond acceptors (Lipinski definition) is 4. The van der Waals surface area contributed by atoms with E-state index < -0.39 is 16.9 Å². The lowest BCUT2D eigenvalue weighted by molar-refractivity contribution is -0.123. The van der Waals surface area contributed by atoms with Crippen molar-refractivity contribution in [3.63, 3.8) is 0 Å². The number of fused-ring (bicyclic) bond motifs is 1. The van der Waals surface area contributed by atoms with Crippen LogP contribution in [-0.2, 0) is 9.59 Å². The Morgan fingerprint density at radius 1 is 1.05 bits per heavy atom. The van der Waals surface area contributed by atoms with Crippen LogP contribution in [0.5, 0.6) is 0 Å². The van der Waals surface area contributed by atoms with Gasteiger partial charge in [0.25, 0.3) is 0 Å². The lowest BCUT2D eigenvalue weighted by Gasteiger charge is -2.23. The van der Waals surface area contributed by atoms with Gasteiger partial charge in [-0.15, -0.1) is 11.8 Å². The molecule has 0 saturated heterocycles. The van der Waals surface area contributed by atoms with Crippen molar-refractivity contribution in [1.82, 2.24) is 15.1 Å². The first kappa shape index (κ1) is 25.6. The van der Waals surface area contributed by atoms with Crippen LogP contribution >= 0.6 is 23.4 Å². The van der Waals surface area contributed by atoms with Crippen LogP contribution in [0.2, 0.25) is 5.02 Å². The number of rotatable bonds is 6. The zero-order chi connectivity index (χ0) is 27.1. The normalized spacial score (nSPS) is 17.1. The summed E-state index contributed by atoms with van der Waals surface area (Å²) in [5.74, 6) is -1.73. The molecular weight excluding hydrogens is 542 g/mol. The highest BCUT2D eigenvalue weighted by atomic mass is 35.5. The van der Waals surface area contributed by atoms with Crippen LogP contribution in [0.4, 0.5) is 14.6 Å². The summed E-state index contributed by atoms with van der Waals surface area (Å²) in [6.07, 6.45) is 1.81. The molecule has 1 saturated carbocycles. The largest absolute Gasteiger partial charge is 0.352 e. The van der Waals surface area contributed by atoms with Crippen molar-refractivity contribution in [2.75, 3.05) is 17.2 Å². The molecule has 39 heavy (non-hydrogen) atoms. The summed E-state index contributed by atoms with van der Waals surface area (Å²) in [4.78, 5) is 28.0. The van der Waals surface area contributed by atoms with Crippen molar-refractivity contribution in [1.29, 1.82) is 0 Å². The Labute approximate surface area is 233 Å². The van der Waals surface area contributed by atoms with E-state index in [0.29, 0.717) is 27.8 Å². The first-order valence-electron chi connectivity index (χ1n) is 12.5. The third-order valence-corrected chi connectivity index (χ3v) is 8.26. The number of para-hydroxylation sites is 1. The predicted molar refractivity (Wildman–Crippen MR) is 148 cm³/mol. The molecule has 1 aliphatic carbocycles. The summed E-state index contributed by atoms with van der Waals surface area (Å²) in [5, 5.41) is 7.54. The van der Waals surface area contributed by atoms with Gasteiger partial charge in [0, 0.05) is 28.8 Å². The Balaban J connectivity index is 1.63. The van der Waals surface area contributed by atoms with Gasteiger partial charge < -0.3 is 5.32 Å². The standard InChI is InChI=1S/C29H23ClF2N4O2S/c30-21-8-4-5-9-23(21)36-29-26(27(34-36)17-6-2-1-3-7-17)28(20-13-10-18(31)14-22(20)32)39-16-25(38)35(29)15-24(37)33-19-11-12-19/h1-10,13-14,19,28H,11-12,15-16H2,(H,33,37)/t28-/m1/s1. The summed E-state index contributed by atoms with van der Waals surface area (Å²) in [7, 11) is 0. The number of thioether (sulfide) groups is 1. The number of amides is 2. The van der Waals surface area contributed by atoms with E-state index in [2.05, 4.69) is 5.32 Å². The summed E-state index contributed by atoms with van der Waals surface area (Å²) >= 11 is 7.82. The molecule has 10 heteroatoms. The minimum Gasteiger partial charge on any atom is -0.352 e. The molecule has 1 aliphatic heterocycles. The van der Waals surface area contributed by atoms with Gasteiger partial charge in [-0.2, -0.15) is 5.10 Å². The van der Waals surface area contributed by atoms with Gasteiger partial charge in [-0.3, -0.25) is 14.5 Å². The van der Waals surface area contributed by atoms with Gasteiger partial charge in [0.15, 0.2) is 0 Å². The van der Waals surface area contributed by atoms with Crippen LogP contribution in [0.25, 0.3) is 16.9 Å². The first-order chi connectivity index (χ1) is 18.9. The summed E-state index contributed by atoms with van der Waals surface area (Å²) < 4.78 is 30.7. The summed E-state index contributed by atoms with van der Waals surface area (Å²) in [6.45, 7) is -0.230. The van der Waals surface area contributed by atoms with E-state index in [4.69, 9.17) is 16.7 Å². The second-order valence-electron chi connectivity index (χ2n) is 9.49. The molecular formula is C29H23ClF2N4O2S. The minimum atomic E-state index is -0.727. The van der Waals surface area contributed by atoms with Crippen LogP contribution in [-0.4, -0.2) is 39.9 Å². The highest BCUT2D eigenvalue weighted by Gasteiger charge is 2.39. The Morgan fingerprint density at radius 3 is 2.51 bits per heavy atom. The topological polar surface area (TPSA) is 67.2 Å². The highest BCUT2D eigenvalue weighted by Crippen LogP contribution is 2.49. The van der Waals surface area contributed by atoms with Crippen LogP contribution in [0.15, 0.2) is 72.8 Å². The van der Waals surface area contributed by atoms with Crippen LogP contribution in [0, 0.1) is 11.6 Å². The fraction of sp³-hybridized carbons (Fsp3) is 0.207. The van der Waals surface area contributed by atoms with Gasteiger partial charge in [0.05, 0.1) is 27.4 Å². The average Bonchev–Trinajstić information content (AvgIpc) is 3.68. The van der Waals surface area contributed by atoms with E-state index in [9.17, 15) is 14.0 Å². The number of halogens is 3. The van der Waals surface area contributed by atoms with E-state index in [-0.39, 0.29) is 35.7 Å². The molecule has 1 fully saturated rings. The third kappa shape index (κ3) is 5.04. The maximum Gasteiger partial charge on any atom is 0.240 e. The lowest BCUT2D eigenvalue weighted by atomic mass is 9.99. The molecule has 198 valence electrons. The monoisotopic (exact) mass is 564 g/mol. The van der Waals surface area contributed by atoms with Crippen molar-refractivity contribution < 1.29 is 18.4 Å². The number of carbonyl (C=O) groups excluding carboxylic acids is 2. The van der Waals surface area contributed by atoms with E-state index in [1.54, 1.807) is 28.9 Å². The molecule has 0 radical (unpaired) electrons. The van der Waals surface area contributed by atoms with Gasteiger partial charge in [-0.05, 0) is 31.0 Å². The quantitative estimate of drug-likeness (QED) is 0.316. The summed E-state index contributed by atoms with van der Waals surface area (Å²) in [5.41, 5.74) is 2.51. The molecule has 0 bridgehead atoms. The molecule has 2 amide bonds. The number of benzene rings is 3. The van der Waals surface area contributed by atoms with Crippen molar-refractivity contribution in [3.8, 4) is 16.9 Å². The van der Waals surface area contributed by atoms with Crippen molar-refractivity contribution in [2.24, 2.45) is 0 Å². The molecule has 3 aromatic carbocycles. The molecule has 0 spiro atoms. The van der Waals surface area contributed by atoms with Crippen molar-refractivity contribution in [2.45, 2.75) is 24.1 Å². The van der Waals surface area contributed by atoms with E-state index in [0.717, 1.165) is 24.5 Å². The Bertz CT molecular complexity index is 1580. The van der Waals surface area contributed by atoms with E-state index in [1.165, 1.54) is 28.8 Å². The first-order valence-corrected chi connectivity index (χ1v) is 13.9. The Kier molecular flexibility index (Phi) is 6.86. The molecule has 4 aromatic rings. The fourth-order valence-electron chi connectivity index (χ4n) is 4.72. The zero-order valence-electron chi connectivity index (χ0n) is 20.6. The Hall–Kier alpha value is -3.69. The molecule has 1 atom stereocenters. The summed E-state index contributed by atoms with van der Waals surface area (Å²) in [6, 6.07) is 19.9. The second kappa shape index (κ2) is 10.5. The number of hydrogen-bond donors (Lipinski definition) is 1. The number of carbonyl (C=O) groups is 2. The number of nitrogens with zero attached hydrogens (tertiary/aromatic N) is 3. The molecule has 6 rings (SSSR count). The minimum absolute atomic E-state index is 0.0242. The lowest BCUT2D eigenvalue weighted by Crippen LogP contribution is -2.43. The number of nitrogens with one attached hydrogen (secondary N) is 1. The van der Waals surface area contributed by atoms with Gasteiger partial charge in [-0.25, -0.2) is 13.5 Å². The van der Waals surface area contributed by atoms with E-state index >= 15 is 4.39 Å². The van der Waals surface area contributed by atoms with Crippen molar-refractivity contribution in [3.05, 3.63) is 101 Å². The molecule has 6 nitrogen and oxygen atoms in total. The maximum absolute atomic E-state index is 15.3. The number of aromatic nitrogens is 2. The predicted octanol–water partition coefficient (Wildman–Crippen LogP) is 5.92. The second-order valence-corrected chi connectivity index (χ2v) is 11.0.